The van der Waals surface area contributed by atoms with Gasteiger partial charge in [0.05, 0.1) is 23.4 Å². The number of ether oxygens (including phenoxy) is 3. The molecule has 0 spiro atoms. The maximum absolute atomic E-state index is 6.18. The average molecular weight is 446 g/mol. The zero-order chi connectivity index (χ0) is 22.0. The van der Waals surface area contributed by atoms with E-state index in [0.717, 1.165) is 60.4 Å². The van der Waals surface area contributed by atoms with Crippen LogP contribution in [0.15, 0.2) is 66.4 Å². The lowest BCUT2D eigenvalue weighted by Crippen LogP contribution is -2.24. The minimum Gasteiger partial charge on any atom is -0.489 e. The van der Waals surface area contributed by atoms with Crippen molar-refractivity contribution in [3.05, 3.63) is 72.0 Å². The number of hydrogen-bond acceptors (Lipinski definition) is 5. The van der Waals surface area contributed by atoms with Crippen molar-refractivity contribution in [2.75, 3.05) is 25.1 Å². The Balaban J connectivity index is 0.00000241. The third-order valence-electron chi connectivity index (χ3n) is 6.62. The maximum atomic E-state index is 6.18. The summed E-state index contributed by atoms with van der Waals surface area (Å²) in [4.78, 5) is 0. The lowest BCUT2D eigenvalue weighted by molar-refractivity contribution is -0.0366. The zero-order valence-electron chi connectivity index (χ0n) is 18.7. The first-order valence-electron chi connectivity index (χ1n) is 11.9. The SMILES string of the molecule is C1=CC(COc2ccc([C@@H]3COc4cc5c(cnn5C5CCCCO5)cc4N3)cc2)=CCC1.[HH]. The first kappa shape index (κ1) is 20.4. The van der Waals surface area contributed by atoms with E-state index < -0.39 is 0 Å². The molecule has 1 saturated heterocycles. The van der Waals surface area contributed by atoms with Gasteiger partial charge in [0, 0.05) is 19.5 Å². The fraction of sp³-hybridized carbons (Fsp3) is 0.370. The third kappa shape index (κ3) is 4.23. The van der Waals surface area contributed by atoms with E-state index in [0.29, 0.717) is 13.2 Å². The summed E-state index contributed by atoms with van der Waals surface area (Å²) in [5.41, 5.74) is 4.48. The van der Waals surface area contributed by atoms with Crippen LogP contribution in [-0.2, 0) is 4.74 Å². The number of allylic oxidation sites excluding steroid dienone is 2. The Bertz CT molecular complexity index is 1200. The molecular weight excluding hydrogens is 414 g/mol. The number of fused-ring (bicyclic) bond motifs is 2. The Kier molecular flexibility index (Phi) is 5.52. The fourth-order valence-corrected chi connectivity index (χ4v) is 4.77. The van der Waals surface area contributed by atoms with Crippen LogP contribution in [-0.4, -0.2) is 29.6 Å². The highest BCUT2D eigenvalue weighted by molar-refractivity contribution is 5.86. The first-order chi connectivity index (χ1) is 16.3. The Labute approximate surface area is 195 Å². The number of hydrogen-bond donors (Lipinski definition) is 1. The molecule has 1 fully saturated rings. The van der Waals surface area contributed by atoms with E-state index in [1.807, 2.05) is 23.0 Å². The highest BCUT2D eigenvalue weighted by Crippen LogP contribution is 2.38. The van der Waals surface area contributed by atoms with Crippen molar-refractivity contribution in [2.24, 2.45) is 0 Å². The van der Waals surface area contributed by atoms with Gasteiger partial charge in [-0.1, -0.05) is 30.4 Å². The zero-order valence-corrected chi connectivity index (χ0v) is 18.7. The first-order valence-corrected chi connectivity index (χ1v) is 11.9. The summed E-state index contributed by atoms with van der Waals surface area (Å²) in [5, 5.41) is 9.35. The number of nitrogens with one attached hydrogen (secondary N) is 1. The van der Waals surface area contributed by atoms with Crippen molar-refractivity contribution in [3.63, 3.8) is 0 Å². The van der Waals surface area contributed by atoms with E-state index >= 15 is 0 Å². The van der Waals surface area contributed by atoms with E-state index in [4.69, 9.17) is 14.2 Å². The van der Waals surface area contributed by atoms with Crippen molar-refractivity contribution < 1.29 is 15.6 Å². The smallest absolute Gasteiger partial charge is 0.150 e. The molecule has 3 aromatic rings. The molecule has 0 saturated carbocycles. The third-order valence-corrected chi connectivity index (χ3v) is 6.62. The normalized spacial score (nSPS) is 22.2. The predicted octanol–water partition coefficient (Wildman–Crippen LogP) is 6.18. The number of rotatable bonds is 5. The molecular formula is C27H31N3O3. The van der Waals surface area contributed by atoms with E-state index in [1.165, 1.54) is 17.6 Å². The molecule has 0 radical (unpaired) electrons. The van der Waals surface area contributed by atoms with Gasteiger partial charge in [-0.15, -0.1) is 0 Å². The second kappa shape index (κ2) is 8.94. The van der Waals surface area contributed by atoms with Crippen molar-refractivity contribution >= 4 is 16.6 Å². The molecule has 1 aromatic heterocycles. The summed E-state index contributed by atoms with van der Waals surface area (Å²) >= 11 is 0. The van der Waals surface area contributed by atoms with E-state index in [-0.39, 0.29) is 13.7 Å². The summed E-state index contributed by atoms with van der Waals surface area (Å²) < 4.78 is 20.1. The standard InChI is InChI=1S/C27H29N3O3.H2/c1-2-6-19(7-3-1)17-32-22-11-9-20(10-12-22)24-18-33-26-15-25-21(14-23(26)29-24)16-28-30(25)27-8-4-5-13-31-27;/h2,6-7,9-12,14-16,24,27,29H,1,3-5,8,13,17-18H2;1H/t24-,27?;/m0./s1. The summed E-state index contributed by atoms with van der Waals surface area (Å²) in [6.07, 6.45) is 14.1. The number of benzene rings is 2. The fourth-order valence-electron chi connectivity index (χ4n) is 4.77. The van der Waals surface area contributed by atoms with E-state index in [9.17, 15) is 0 Å². The minimum absolute atomic E-state index is 0. The van der Waals surface area contributed by atoms with Crippen LogP contribution < -0.4 is 14.8 Å². The van der Waals surface area contributed by atoms with Gasteiger partial charge in [0.15, 0.2) is 6.23 Å². The van der Waals surface area contributed by atoms with Crippen molar-refractivity contribution in [3.8, 4) is 11.5 Å². The molecule has 2 atom stereocenters. The molecule has 1 N–H and O–H groups in total. The van der Waals surface area contributed by atoms with Crippen LogP contribution in [0.4, 0.5) is 5.69 Å². The topological polar surface area (TPSA) is 57.5 Å². The van der Waals surface area contributed by atoms with Gasteiger partial charge in [0.1, 0.15) is 24.7 Å². The summed E-state index contributed by atoms with van der Waals surface area (Å²) in [6.45, 7) is 1.99. The molecule has 6 heteroatoms. The monoisotopic (exact) mass is 445 g/mol. The average Bonchev–Trinajstić information content (AvgIpc) is 3.30. The Morgan fingerprint density at radius 1 is 1.15 bits per heavy atom. The van der Waals surface area contributed by atoms with Crippen LogP contribution in [0.5, 0.6) is 11.5 Å². The summed E-state index contributed by atoms with van der Waals surface area (Å²) in [5.74, 6) is 1.75. The summed E-state index contributed by atoms with van der Waals surface area (Å²) in [7, 11) is 0. The molecule has 1 aliphatic carbocycles. The van der Waals surface area contributed by atoms with Gasteiger partial charge >= 0.3 is 0 Å². The molecule has 6 nitrogen and oxygen atoms in total. The van der Waals surface area contributed by atoms with Crippen LogP contribution in [0.1, 0.15) is 51.4 Å². The highest BCUT2D eigenvalue weighted by Gasteiger charge is 2.24. The Morgan fingerprint density at radius 3 is 2.91 bits per heavy atom. The molecule has 6 rings (SSSR count). The van der Waals surface area contributed by atoms with Gasteiger partial charge in [0.2, 0.25) is 0 Å². The van der Waals surface area contributed by atoms with Gasteiger partial charge in [-0.2, -0.15) is 5.10 Å². The van der Waals surface area contributed by atoms with E-state index in [1.54, 1.807) is 0 Å². The Morgan fingerprint density at radius 2 is 2.09 bits per heavy atom. The van der Waals surface area contributed by atoms with Crippen molar-refractivity contribution in [2.45, 2.75) is 44.4 Å². The minimum atomic E-state index is 0. The quantitative estimate of drug-likeness (QED) is 0.508. The van der Waals surface area contributed by atoms with Gasteiger partial charge in [-0.05, 0) is 61.4 Å². The van der Waals surface area contributed by atoms with Crippen LogP contribution in [0.2, 0.25) is 0 Å². The molecule has 33 heavy (non-hydrogen) atoms. The van der Waals surface area contributed by atoms with Crippen LogP contribution in [0.3, 0.4) is 0 Å². The van der Waals surface area contributed by atoms with Crippen LogP contribution in [0, 0.1) is 0 Å². The van der Waals surface area contributed by atoms with Crippen molar-refractivity contribution in [1.29, 1.82) is 0 Å². The molecule has 0 bridgehead atoms. The van der Waals surface area contributed by atoms with Crippen LogP contribution in [0.25, 0.3) is 10.9 Å². The van der Waals surface area contributed by atoms with Gasteiger partial charge in [0.25, 0.3) is 0 Å². The lowest BCUT2D eigenvalue weighted by Gasteiger charge is -2.28. The van der Waals surface area contributed by atoms with Crippen LogP contribution >= 0.6 is 0 Å². The molecule has 2 aliphatic heterocycles. The van der Waals surface area contributed by atoms with Gasteiger partial charge < -0.3 is 19.5 Å². The largest absolute Gasteiger partial charge is 0.489 e. The van der Waals surface area contributed by atoms with Gasteiger partial charge in [-0.3, -0.25) is 0 Å². The number of nitrogens with zero attached hydrogens (tertiary/aromatic N) is 2. The molecule has 3 heterocycles. The van der Waals surface area contributed by atoms with E-state index in [2.05, 4.69) is 52.9 Å². The molecule has 3 aliphatic rings. The maximum Gasteiger partial charge on any atom is 0.150 e. The molecule has 2 aromatic carbocycles. The molecule has 172 valence electrons. The number of aromatic nitrogens is 2. The highest BCUT2D eigenvalue weighted by atomic mass is 16.5. The summed E-state index contributed by atoms with van der Waals surface area (Å²) in [6, 6.07) is 12.6. The number of anilines is 1. The molecule has 1 unspecified atom stereocenters. The van der Waals surface area contributed by atoms with Gasteiger partial charge in [-0.25, -0.2) is 4.68 Å². The Hall–Kier alpha value is -3.25. The second-order valence-corrected chi connectivity index (χ2v) is 8.94. The second-order valence-electron chi connectivity index (χ2n) is 8.94. The predicted molar refractivity (Wildman–Crippen MR) is 131 cm³/mol. The molecule has 0 amide bonds. The van der Waals surface area contributed by atoms with Crippen molar-refractivity contribution in [1.82, 2.24) is 9.78 Å². The lowest BCUT2D eigenvalue weighted by atomic mass is 10.0.